The van der Waals surface area contributed by atoms with Crippen molar-refractivity contribution in [2.75, 3.05) is 24.3 Å². The fourth-order valence-corrected chi connectivity index (χ4v) is 8.42. The molecule has 3 aliphatic heterocycles. The maximum Gasteiger partial charge on any atom is 0.267 e. The summed E-state index contributed by atoms with van der Waals surface area (Å²) in [6.45, 7) is 0.500. The monoisotopic (exact) mass is 623 g/mol. The Bertz CT molecular complexity index is 1680. The van der Waals surface area contributed by atoms with Gasteiger partial charge in [0.25, 0.3) is 11.8 Å². The number of hydrogen-bond acceptors (Lipinski definition) is 6. The molecule has 41 heavy (non-hydrogen) atoms. The molecule has 0 bridgehead atoms. The van der Waals surface area contributed by atoms with Crippen LogP contribution in [0.15, 0.2) is 119 Å². The average molecular weight is 625 g/mol. The molecule has 4 aromatic carbocycles. The number of nitrogens with zero attached hydrogens (tertiary/aromatic N) is 3. The number of halogens is 1. The maximum atomic E-state index is 15.2. The van der Waals surface area contributed by atoms with E-state index in [9.17, 15) is 4.79 Å². The van der Waals surface area contributed by atoms with E-state index in [1.165, 1.54) is 16.8 Å². The second kappa shape index (κ2) is 9.87. The van der Waals surface area contributed by atoms with Crippen LogP contribution in [0.25, 0.3) is 0 Å². The van der Waals surface area contributed by atoms with Gasteiger partial charge in [-0.3, -0.25) is 19.9 Å². The van der Waals surface area contributed by atoms with Gasteiger partial charge in [0.05, 0.1) is 11.4 Å². The van der Waals surface area contributed by atoms with Crippen molar-refractivity contribution in [3.63, 3.8) is 0 Å². The standard InChI is InChI=1S/C32H26BrN5O2S/c1-37-20-26(21-16-18-22(33)19-17-21)32(31(37)25-14-8-9-15-27(25)35-28(31)39)29(40)38(36-24-12-6-3-7-13-24)30(41-32)34-23-10-4-2-5-11-23/h2-19,26,36H,20H2,1H3,(H,35,39). The van der Waals surface area contributed by atoms with Crippen LogP contribution < -0.4 is 10.7 Å². The van der Waals surface area contributed by atoms with Gasteiger partial charge in [0.15, 0.2) is 10.7 Å². The first-order chi connectivity index (χ1) is 19.9. The summed E-state index contributed by atoms with van der Waals surface area (Å²) in [5.74, 6) is -0.744. The summed E-state index contributed by atoms with van der Waals surface area (Å²) in [5, 5.41) is 5.13. The Morgan fingerprint density at radius 2 is 1.56 bits per heavy atom. The molecule has 0 radical (unpaired) electrons. The van der Waals surface area contributed by atoms with Gasteiger partial charge in [-0.15, -0.1) is 0 Å². The van der Waals surface area contributed by atoms with Crippen molar-refractivity contribution < 1.29 is 9.59 Å². The molecule has 2 N–H and O–H groups in total. The molecule has 0 aromatic heterocycles. The van der Waals surface area contributed by atoms with Crippen molar-refractivity contribution in [2.45, 2.75) is 16.2 Å². The van der Waals surface area contributed by atoms with Gasteiger partial charge >= 0.3 is 0 Å². The number of thioether (sulfide) groups is 1. The lowest BCUT2D eigenvalue weighted by atomic mass is 9.72. The van der Waals surface area contributed by atoms with Gasteiger partial charge in [-0.1, -0.05) is 94.4 Å². The summed E-state index contributed by atoms with van der Waals surface area (Å²) >= 11 is 4.93. The van der Waals surface area contributed by atoms with Crippen molar-refractivity contribution in [3.8, 4) is 0 Å². The van der Waals surface area contributed by atoms with E-state index in [4.69, 9.17) is 4.99 Å². The molecule has 2 saturated heterocycles. The van der Waals surface area contributed by atoms with E-state index in [0.29, 0.717) is 11.7 Å². The van der Waals surface area contributed by atoms with E-state index in [1.54, 1.807) is 0 Å². The smallest absolute Gasteiger partial charge is 0.267 e. The minimum atomic E-state index is -1.27. The molecule has 3 heterocycles. The van der Waals surface area contributed by atoms with Gasteiger partial charge in [-0.05, 0) is 55.1 Å². The first-order valence-electron chi connectivity index (χ1n) is 13.3. The number of rotatable bonds is 4. The van der Waals surface area contributed by atoms with Gasteiger partial charge < -0.3 is 5.32 Å². The van der Waals surface area contributed by atoms with E-state index >= 15 is 4.79 Å². The average Bonchev–Trinajstić information content (AvgIpc) is 3.55. The van der Waals surface area contributed by atoms with Crippen LogP contribution in [0.3, 0.4) is 0 Å². The van der Waals surface area contributed by atoms with Crippen LogP contribution in [0.5, 0.6) is 0 Å². The fourth-order valence-electron chi connectivity index (χ4n) is 6.46. The van der Waals surface area contributed by atoms with Gasteiger partial charge in [0.2, 0.25) is 0 Å². The Hall–Kier alpha value is -3.92. The van der Waals surface area contributed by atoms with Crippen molar-refractivity contribution in [3.05, 3.63) is 125 Å². The number of benzene rings is 4. The van der Waals surface area contributed by atoms with Gasteiger partial charge in [-0.25, -0.2) is 4.99 Å². The molecule has 204 valence electrons. The summed E-state index contributed by atoms with van der Waals surface area (Å²) in [4.78, 5) is 36.5. The quantitative estimate of drug-likeness (QED) is 0.277. The zero-order chi connectivity index (χ0) is 28.2. The number of amidine groups is 1. The molecule has 3 unspecified atom stereocenters. The number of likely N-dealkylation sites (N-methyl/N-ethyl adjacent to an activating group) is 1. The zero-order valence-corrected chi connectivity index (χ0v) is 24.5. The summed E-state index contributed by atoms with van der Waals surface area (Å²) in [6.07, 6.45) is 0. The number of hydrogen-bond donors (Lipinski definition) is 2. The van der Waals surface area contributed by atoms with Crippen molar-refractivity contribution in [2.24, 2.45) is 4.99 Å². The number of fused-ring (bicyclic) bond motifs is 3. The third-order valence-electron chi connectivity index (χ3n) is 8.18. The molecule has 3 atom stereocenters. The Morgan fingerprint density at radius 3 is 2.29 bits per heavy atom. The minimum absolute atomic E-state index is 0.206. The first kappa shape index (κ1) is 26.0. The lowest BCUT2D eigenvalue weighted by Gasteiger charge is -2.41. The predicted octanol–water partition coefficient (Wildman–Crippen LogP) is 6.35. The highest BCUT2D eigenvalue weighted by atomic mass is 79.9. The normalized spacial score (nSPS) is 26.2. The Balaban J connectivity index is 1.49. The van der Waals surface area contributed by atoms with Crippen LogP contribution in [-0.2, 0) is 15.1 Å². The van der Waals surface area contributed by atoms with Crippen molar-refractivity contribution in [1.82, 2.24) is 9.91 Å². The highest BCUT2D eigenvalue weighted by Gasteiger charge is 2.78. The molecular weight excluding hydrogens is 598 g/mol. The Labute approximate surface area is 250 Å². The Morgan fingerprint density at radius 1 is 0.902 bits per heavy atom. The fraction of sp³-hybridized carbons (Fsp3) is 0.156. The van der Waals surface area contributed by atoms with Crippen LogP contribution in [0.2, 0.25) is 0 Å². The number of anilines is 2. The number of aliphatic imine (C=N–C) groups is 1. The second-order valence-electron chi connectivity index (χ2n) is 10.4. The van der Waals surface area contributed by atoms with Crippen LogP contribution in [0.4, 0.5) is 17.1 Å². The van der Waals surface area contributed by atoms with Crippen LogP contribution in [0, 0.1) is 0 Å². The maximum absolute atomic E-state index is 15.2. The number of likely N-dealkylation sites (tertiary alicyclic amines) is 1. The van der Waals surface area contributed by atoms with Crippen molar-refractivity contribution >= 4 is 61.7 Å². The highest BCUT2D eigenvalue weighted by molar-refractivity contribution is 9.10. The van der Waals surface area contributed by atoms with Crippen LogP contribution >= 0.6 is 27.7 Å². The molecule has 2 fully saturated rings. The van der Waals surface area contributed by atoms with Gasteiger partial charge in [-0.2, -0.15) is 5.01 Å². The molecular formula is C32H26BrN5O2S. The number of carbonyl (C=O) groups excluding carboxylic acids is 2. The van der Waals surface area contributed by atoms with Gasteiger partial charge in [0.1, 0.15) is 4.75 Å². The summed E-state index contributed by atoms with van der Waals surface area (Å²) in [7, 11) is 1.94. The third kappa shape index (κ3) is 3.80. The molecule has 2 amide bonds. The lowest BCUT2D eigenvalue weighted by molar-refractivity contribution is -0.137. The SMILES string of the molecule is CN1CC(c2ccc(Br)cc2)C2(SC(=Nc3ccccc3)N(Nc3ccccc3)C2=O)C12C(=O)Nc1ccccc12. The number of hydrazine groups is 1. The molecule has 7 rings (SSSR count). The molecule has 0 aliphatic carbocycles. The summed E-state index contributed by atoms with van der Waals surface area (Å²) in [6, 6.07) is 34.9. The molecule has 2 spiro atoms. The third-order valence-corrected chi connectivity index (χ3v) is 10.2. The molecule has 7 nitrogen and oxygen atoms in total. The number of para-hydroxylation sites is 3. The predicted molar refractivity (Wildman–Crippen MR) is 167 cm³/mol. The summed E-state index contributed by atoms with van der Waals surface area (Å²) < 4.78 is -0.314. The number of nitrogens with one attached hydrogen (secondary N) is 2. The van der Waals surface area contributed by atoms with E-state index in [1.807, 2.05) is 116 Å². The number of carbonyl (C=O) groups is 2. The van der Waals surface area contributed by atoms with E-state index in [0.717, 1.165) is 32.7 Å². The van der Waals surface area contributed by atoms with E-state index in [2.05, 4.69) is 31.6 Å². The van der Waals surface area contributed by atoms with E-state index in [-0.39, 0.29) is 17.7 Å². The Kier molecular flexibility index (Phi) is 6.26. The number of amides is 2. The van der Waals surface area contributed by atoms with Crippen molar-refractivity contribution in [1.29, 1.82) is 0 Å². The highest BCUT2D eigenvalue weighted by Crippen LogP contribution is 2.65. The molecule has 9 heteroatoms. The topological polar surface area (TPSA) is 77.0 Å². The molecule has 0 saturated carbocycles. The van der Waals surface area contributed by atoms with Gasteiger partial charge in [0, 0.05) is 28.2 Å². The molecule has 3 aliphatic rings. The lowest BCUT2D eigenvalue weighted by Crippen LogP contribution is -2.62. The van der Waals surface area contributed by atoms with Crippen LogP contribution in [-0.4, -0.2) is 45.2 Å². The zero-order valence-electron chi connectivity index (χ0n) is 22.1. The van der Waals surface area contributed by atoms with E-state index < -0.39 is 10.3 Å². The minimum Gasteiger partial charge on any atom is -0.324 e. The molecule has 4 aromatic rings. The second-order valence-corrected chi connectivity index (χ2v) is 12.5. The first-order valence-corrected chi connectivity index (χ1v) is 14.9. The van der Waals surface area contributed by atoms with Crippen LogP contribution in [0.1, 0.15) is 17.0 Å². The summed E-state index contributed by atoms with van der Waals surface area (Å²) in [5.41, 5.74) is 6.03. The largest absolute Gasteiger partial charge is 0.324 e.